The van der Waals surface area contributed by atoms with E-state index >= 15 is 0 Å². The van der Waals surface area contributed by atoms with E-state index in [9.17, 15) is 9.59 Å². The van der Waals surface area contributed by atoms with Gasteiger partial charge >= 0.3 is 0 Å². The Bertz CT molecular complexity index is 1080. The van der Waals surface area contributed by atoms with Crippen molar-refractivity contribution in [3.05, 3.63) is 84.7 Å². The number of amides is 2. The molecule has 1 aliphatic heterocycles. The second-order valence-corrected chi connectivity index (χ2v) is 7.99. The lowest BCUT2D eigenvalue weighted by molar-refractivity contribution is -0.120. The molecule has 7 heteroatoms. The first-order valence-corrected chi connectivity index (χ1v) is 11.2. The molecule has 1 aliphatic rings. The second kappa shape index (κ2) is 10.7. The lowest BCUT2D eigenvalue weighted by Crippen LogP contribution is -2.44. The molecule has 2 amide bonds. The van der Waals surface area contributed by atoms with Crippen LogP contribution in [0.15, 0.2) is 79.1 Å². The molecule has 1 aromatic heterocycles. The summed E-state index contributed by atoms with van der Waals surface area (Å²) < 4.78 is 5.96. The van der Waals surface area contributed by atoms with E-state index in [0.29, 0.717) is 42.4 Å². The van der Waals surface area contributed by atoms with Crippen molar-refractivity contribution in [2.75, 3.05) is 31.5 Å². The highest BCUT2D eigenvalue weighted by molar-refractivity contribution is 5.96. The Hall–Kier alpha value is -3.71. The van der Waals surface area contributed by atoms with Gasteiger partial charge in [0.05, 0.1) is 11.7 Å². The summed E-state index contributed by atoms with van der Waals surface area (Å²) in [6.45, 7) is 4.52. The number of para-hydroxylation sites is 3. The first-order chi connectivity index (χ1) is 16.1. The highest BCUT2D eigenvalue weighted by atomic mass is 16.5. The molecule has 1 N–H and O–H groups in total. The van der Waals surface area contributed by atoms with E-state index in [-0.39, 0.29) is 17.9 Å². The van der Waals surface area contributed by atoms with Gasteiger partial charge in [-0.3, -0.25) is 19.5 Å². The van der Waals surface area contributed by atoms with Crippen LogP contribution in [0.2, 0.25) is 0 Å². The van der Waals surface area contributed by atoms with Crippen molar-refractivity contribution in [1.82, 2.24) is 14.8 Å². The Morgan fingerprint density at radius 3 is 2.42 bits per heavy atom. The highest BCUT2D eigenvalue weighted by Crippen LogP contribution is 2.29. The van der Waals surface area contributed by atoms with Crippen molar-refractivity contribution < 1.29 is 14.3 Å². The molecule has 0 spiro atoms. The fraction of sp³-hybridized carbons (Fsp3) is 0.269. The molecule has 1 unspecified atom stereocenters. The van der Waals surface area contributed by atoms with Crippen LogP contribution in [-0.2, 0) is 4.79 Å². The minimum absolute atomic E-state index is 0.00310. The molecular weight excluding hydrogens is 416 g/mol. The van der Waals surface area contributed by atoms with Gasteiger partial charge in [0, 0.05) is 44.1 Å². The minimum atomic E-state index is -0.342. The van der Waals surface area contributed by atoms with Gasteiger partial charge in [0.25, 0.3) is 5.91 Å². The second-order valence-electron chi connectivity index (χ2n) is 7.99. The maximum absolute atomic E-state index is 13.1. The largest absolute Gasteiger partial charge is 0.455 e. The average Bonchev–Trinajstić information content (AvgIpc) is 3.12. The van der Waals surface area contributed by atoms with Crippen molar-refractivity contribution in [2.45, 2.75) is 19.4 Å². The molecule has 1 atom stereocenters. The highest BCUT2D eigenvalue weighted by Gasteiger charge is 2.26. The standard InChI is InChI=1S/C26H28N4O3/c1-20(29-16-7-17-30(19-18-29)26(32)21-12-14-27-15-13-21)25(31)28-23-10-5-6-11-24(23)33-22-8-3-2-4-9-22/h2-6,8-15,20H,7,16-19H2,1H3,(H,28,31). The first kappa shape index (κ1) is 22.5. The van der Waals surface area contributed by atoms with Gasteiger partial charge in [0.15, 0.2) is 5.75 Å². The number of nitrogens with one attached hydrogen (secondary N) is 1. The number of rotatable bonds is 6. The number of carbonyl (C=O) groups is 2. The quantitative estimate of drug-likeness (QED) is 0.621. The molecule has 2 aromatic carbocycles. The van der Waals surface area contributed by atoms with E-state index < -0.39 is 0 Å². The Labute approximate surface area is 194 Å². The van der Waals surface area contributed by atoms with Gasteiger partial charge in [0.1, 0.15) is 5.75 Å². The number of benzene rings is 2. The van der Waals surface area contributed by atoms with Crippen molar-refractivity contribution in [3.8, 4) is 11.5 Å². The fourth-order valence-corrected chi connectivity index (χ4v) is 3.88. The molecule has 4 rings (SSSR count). The van der Waals surface area contributed by atoms with Gasteiger partial charge in [-0.1, -0.05) is 30.3 Å². The van der Waals surface area contributed by atoms with Crippen LogP contribution in [0.4, 0.5) is 5.69 Å². The van der Waals surface area contributed by atoms with Crippen LogP contribution < -0.4 is 10.1 Å². The van der Waals surface area contributed by atoms with Crippen LogP contribution >= 0.6 is 0 Å². The molecule has 1 saturated heterocycles. The SMILES string of the molecule is CC(C(=O)Nc1ccccc1Oc1ccccc1)N1CCCN(C(=O)c2ccncc2)CC1. The van der Waals surface area contributed by atoms with Gasteiger partial charge in [0.2, 0.25) is 5.91 Å². The number of carbonyl (C=O) groups excluding carboxylic acids is 2. The maximum atomic E-state index is 13.1. The Kier molecular flexibility index (Phi) is 7.32. The number of anilines is 1. The molecular formula is C26H28N4O3. The van der Waals surface area contributed by atoms with Gasteiger partial charge in [-0.25, -0.2) is 0 Å². The summed E-state index contributed by atoms with van der Waals surface area (Å²) in [7, 11) is 0. The third kappa shape index (κ3) is 5.75. The van der Waals surface area contributed by atoms with Crippen LogP contribution in [0.3, 0.4) is 0 Å². The van der Waals surface area contributed by atoms with Gasteiger partial charge in [-0.2, -0.15) is 0 Å². The van der Waals surface area contributed by atoms with E-state index in [4.69, 9.17) is 4.74 Å². The number of aromatic nitrogens is 1. The van der Waals surface area contributed by atoms with Gasteiger partial charge in [-0.15, -0.1) is 0 Å². The number of ether oxygens (including phenoxy) is 1. The Balaban J connectivity index is 1.37. The third-order valence-electron chi connectivity index (χ3n) is 5.79. The number of pyridine rings is 1. The first-order valence-electron chi connectivity index (χ1n) is 11.2. The fourth-order valence-electron chi connectivity index (χ4n) is 3.88. The average molecular weight is 445 g/mol. The minimum Gasteiger partial charge on any atom is -0.455 e. The maximum Gasteiger partial charge on any atom is 0.254 e. The molecule has 33 heavy (non-hydrogen) atoms. The Morgan fingerprint density at radius 2 is 1.64 bits per heavy atom. The van der Waals surface area contributed by atoms with E-state index in [1.54, 1.807) is 24.5 Å². The zero-order chi connectivity index (χ0) is 23.0. The number of nitrogens with zero attached hydrogens (tertiary/aromatic N) is 3. The third-order valence-corrected chi connectivity index (χ3v) is 5.79. The van der Waals surface area contributed by atoms with Crippen LogP contribution in [-0.4, -0.2) is 58.8 Å². The number of hydrogen-bond donors (Lipinski definition) is 1. The monoisotopic (exact) mass is 444 g/mol. The van der Waals surface area contributed by atoms with Gasteiger partial charge < -0.3 is 15.0 Å². The summed E-state index contributed by atoms with van der Waals surface area (Å²) in [6, 6.07) is 20.0. The van der Waals surface area contributed by atoms with Crippen molar-refractivity contribution in [1.29, 1.82) is 0 Å². The van der Waals surface area contributed by atoms with E-state index in [1.807, 2.05) is 66.4 Å². The molecule has 0 aliphatic carbocycles. The predicted octanol–water partition coefficient (Wildman–Crippen LogP) is 4.05. The molecule has 0 saturated carbocycles. The van der Waals surface area contributed by atoms with Crippen LogP contribution in [0.1, 0.15) is 23.7 Å². The van der Waals surface area contributed by atoms with E-state index in [2.05, 4.69) is 15.2 Å². The zero-order valence-corrected chi connectivity index (χ0v) is 18.7. The normalized spacial score (nSPS) is 15.4. The van der Waals surface area contributed by atoms with Crippen LogP contribution in [0.25, 0.3) is 0 Å². The van der Waals surface area contributed by atoms with Crippen molar-refractivity contribution in [2.24, 2.45) is 0 Å². The van der Waals surface area contributed by atoms with Crippen molar-refractivity contribution >= 4 is 17.5 Å². The summed E-state index contributed by atoms with van der Waals surface area (Å²) in [5, 5.41) is 3.01. The molecule has 7 nitrogen and oxygen atoms in total. The zero-order valence-electron chi connectivity index (χ0n) is 18.7. The predicted molar refractivity (Wildman–Crippen MR) is 127 cm³/mol. The lowest BCUT2D eigenvalue weighted by Gasteiger charge is -2.27. The smallest absolute Gasteiger partial charge is 0.254 e. The molecule has 170 valence electrons. The molecule has 2 heterocycles. The van der Waals surface area contributed by atoms with Gasteiger partial charge in [-0.05, 0) is 49.7 Å². The van der Waals surface area contributed by atoms with Crippen LogP contribution in [0.5, 0.6) is 11.5 Å². The summed E-state index contributed by atoms with van der Waals surface area (Å²) in [5.74, 6) is 1.20. The molecule has 3 aromatic rings. The lowest BCUT2D eigenvalue weighted by atomic mass is 10.2. The Morgan fingerprint density at radius 1 is 0.909 bits per heavy atom. The molecule has 1 fully saturated rings. The molecule has 0 radical (unpaired) electrons. The van der Waals surface area contributed by atoms with E-state index in [0.717, 1.165) is 13.0 Å². The summed E-state index contributed by atoms with van der Waals surface area (Å²) in [6.07, 6.45) is 4.06. The summed E-state index contributed by atoms with van der Waals surface area (Å²) >= 11 is 0. The topological polar surface area (TPSA) is 74.8 Å². The number of hydrogen-bond acceptors (Lipinski definition) is 5. The summed E-state index contributed by atoms with van der Waals surface area (Å²) in [5.41, 5.74) is 1.27. The molecule has 0 bridgehead atoms. The van der Waals surface area contributed by atoms with Crippen molar-refractivity contribution in [3.63, 3.8) is 0 Å². The van der Waals surface area contributed by atoms with Crippen LogP contribution in [0, 0.1) is 0 Å². The van der Waals surface area contributed by atoms with E-state index in [1.165, 1.54) is 0 Å². The summed E-state index contributed by atoms with van der Waals surface area (Å²) in [4.78, 5) is 33.8.